The zero-order valence-electron chi connectivity index (χ0n) is 12.7. The SMILES string of the molecule is Cc1ccc(CN(C)Cc2ccc(CN)cc2C)cc1. The van der Waals surface area contributed by atoms with Gasteiger partial charge >= 0.3 is 0 Å². The second-order valence-corrected chi connectivity index (χ2v) is 5.62. The maximum atomic E-state index is 5.67. The van der Waals surface area contributed by atoms with Crippen molar-refractivity contribution in [1.29, 1.82) is 0 Å². The van der Waals surface area contributed by atoms with Crippen LogP contribution in [-0.4, -0.2) is 11.9 Å². The topological polar surface area (TPSA) is 29.3 Å². The quantitative estimate of drug-likeness (QED) is 0.900. The molecule has 0 saturated heterocycles. The molecule has 0 aliphatic carbocycles. The summed E-state index contributed by atoms with van der Waals surface area (Å²) in [5.74, 6) is 0. The van der Waals surface area contributed by atoms with Crippen LogP contribution in [0, 0.1) is 13.8 Å². The van der Waals surface area contributed by atoms with Crippen LogP contribution in [0.3, 0.4) is 0 Å². The van der Waals surface area contributed by atoms with E-state index in [2.05, 4.69) is 68.3 Å². The van der Waals surface area contributed by atoms with E-state index >= 15 is 0 Å². The third-order valence-electron chi connectivity index (χ3n) is 3.66. The fourth-order valence-corrected chi connectivity index (χ4v) is 2.41. The highest BCUT2D eigenvalue weighted by Gasteiger charge is 2.05. The van der Waals surface area contributed by atoms with Gasteiger partial charge in [0.05, 0.1) is 0 Å². The Morgan fingerprint density at radius 3 is 2.15 bits per heavy atom. The fourth-order valence-electron chi connectivity index (χ4n) is 2.41. The summed E-state index contributed by atoms with van der Waals surface area (Å²) in [6.45, 7) is 6.83. The molecule has 20 heavy (non-hydrogen) atoms. The van der Waals surface area contributed by atoms with Gasteiger partial charge in [-0.05, 0) is 43.1 Å². The Balaban J connectivity index is 2.00. The highest BCUT2D eigenvalue weighted by atomic mass is 15.1. The van der Waals surface area contributed by atoms with E-state index in [-0.39, 0.29) is 0 Å². The predicted molar refractivity (Wildman–Crippen MR) is 85.4 cm³/mol. The summed E-state index contributed by atoms with van der Waals surface area (Å²) in [6, 6.07) is 15.3. The van der Waals surface area contributed by atoms with Crippen LogP contribution in [0.5, 0.6) is 0 Å². The number of benzene rings is 2. The van der Waals surface area contributed by atoms with Crippen LogP contribution >= 0.6 is 0 Å². The lowest BCUT2D eigenvalue weighted by molar-refractivity contribution is 0.318. The van der Waals surface area contributed by atoms with Gasteiger partial charge in [0, 0.05) is 19.6 Å². The number of hydrogen-bond acceptors (Lipinski definition) is 2. The standard InChI is InChI=1S/C18H24N2/c1-14-4-6-16(7-5-14)12-20(3)13-18-9-8-17(11-19)10-15(18)2/h4-10H,11-13,19H2,1-3H3. The van der Waals surface area contributed by atoms with Gasteiger partial charge in [-0.15, -0.1) is 0 Å². The minimum atomic E-state index is 0.611. The summed E-state index contributed by atoms with van der Waals surface area (Å²) in [6.07, 6.45) is 0. The summed E-state index contributed by atoms with van der Waals surface area (Å²) in [4.78, 5) is 2.34. The fraction of sp³-hybridized carbons (Fsp3) is 0.333. The molecule has 2 nitrogen and oxygen atoms in total. The average Bonchev–Trinajstić information content (AvgIpc) is 2.43. The van der Waals surface area contributed by atoms with Crippen molar-refractivity contribution in [2.75, 3.05) is 7.05 Å². The van der Waals surface area contributed by atoms with E-state index in [1.165, 1.54) is 27.8 Å². The largest absolute Gasteiger partial charge is 0.326 e. The van der Waals surface area contributed by atoms with Gasteiger partial charge in [0.2, 0.25) is 0 Å². The van der Waals surface area contributed by atoms with Gasteiger partial charge in [-0.2, -0.15) is 0 Å². The van der Waals surface area contributed by atoms with Gasteiger partial charge in [0.1, 0.15) is 0 Å². The lowest BCUT2D eigenvalue weighted by atomic mass is 10.0. The van der Waals surface area contributed by atoms with E-state index in [4.69, 9.17) is 5.73 Å². The number of nitrogens with zero attached hydrogens (tertiary/aromatic N) is 1. The maximum Gasteiger partial charge on any atom is 0.0236 e. The molecule has 0 bridgehead atoms. The molecule has 0 fully saturated rings. The monoisotopic (exact) mass is 268 g/mol. The first-order chi connectivity index (χ1) is 9.58. The molecule has 2 heteroatoms. The molecule has 0 atom stereocenters. The summed E-state index contributed by atoms with van der Waals surface area (Å²) in [5.41, 5.74) is 12.2. The molecule has 0 amide bonds. The minimum absolute atomic E-state index is 0.611. The highest BCUT2D eigenvalue weighted by molar-refractivity contribution is 5.31. The van der Waals surface area contributed by atoms with Crippen molar-refractivity contribution >= 4 is 0 Å². The van der Waals surface area contributed by atoms with Crippen LogP contribution in [0.1, 0.15) is 27.8 Å². The number of hydrogen-bond donors (Lipinski definition) is 1. The molecule has 2 rings (SSSR count). The van der Waals surface area contributed by atoms with Crippen LogP contribution < -0.4 is 5.73 Å². The van der Waals surface area contributed by atoms with E-state index in [1.54, 1.807) is 0 Å². The molecule has 106 valence electrons. The van der Waals surface area contributed by atoms with E-state index in [0.717, 1.165) is 13.1 Å². The third kappa shape index (κ3) is 3.92. The Morgan fingerprint density at radius 1 is 0.900 bits per heavy atom. The highest BCUT2D eigenvalue weighted by Crippen LogP contribution is 2.14. The Morgan fingerprint density at radius 2 is 1.55 bits per heavy atom. The number of aryl methyl sites for hydroxylation is 2. The van der Waals surface area contributed by atoms with E-state index in [9.17, 15) is 0 Å². The van der Waals surface area contributed by atoms with Crippen molar-refractivity contribution in [1.82, 2.24) is 4.90 Å². The van der Waals surface area contributed by atoms with Gasteiger partial charge in [0.15, 0.2) is 0 Å². The van der Waals surface area contributed by atoms with Gasteiger partial charge in [-0.25, -0.2) is 0 Å². The van der Waals surface area contributed by atoms with E-state index < -0.39 is 0 Å². The van der Waals surface area contributed by atoms with E-state index in [1.807, 2.05) is 0 Å². The second-order valence-electron chi connectivity index (χ2n) is 5.62. The zero-order valence-corrected chi connectivity index (χ0v) is 12.7. The Hall–Kier alpha value is -1.64. The molecule has 0 aliphatic rings. The zero-order chi connectivity index (χ0) is 14.5. The lowest BCUT2D eigenvalue weighted by Gasteiger charge is -2.18. The summed E-state index contributed by atoms with van der Waals surface area (Å²) >= 11 is 0. The van der Waals surface area contributed by atoms with E-state index in [0.29, 0.717) is 6.54 Å². The van der Waals surface area contributed by atoms with Crippen LogP contribution in [0.2, 0.25) is 0 Å². The predicted octanol–water partition coefficient (Wildman–Crippen LogP) is 3.39. The molecular formula is C18H24N2. The number of nitrogens with two attached hydrogens (primary N) is 1. The molecule has 0 aliphatic heterocycles. The van der Waals surface area contributed by atoms with Crippen molar-refractivity contribution in [3.8, 4) is 0 Å². The van der Waals surface area contributed by atoms with Crippen LogP contribution in [0.25, 0.3) is 0 Å². The van der Waals surface area contributed by atoms with Crippen LogP contribution in [0.15, 0.2) is 42.5 Å². The molecule has 2 N–H and O–H groups in total. The molecule has 0 unspecified atom stereocenters. The second kappa shape index (κ2) is 6.69. The molecule has 2 aromatic carbocycles. The van der Waals surface area contributed by atoms with Gasteiger partial charge in [0.25, 0.3) is 0 Å². The molecule has 0 radical (unpaired) electrons. The maximum absolute atomic E-state index is 5.67. The molecule has 2 aromatic rings. The Kier molecular flexibility index (Phi) is 4.94. The first-order valence-electron chi connectivity index (χ1n) is 7.11. The normalized spacial score (nSPS) is 11.1. The Bertz CT molecular complexity index is 558. The minimum Gasteiger partial charge on any atom is -0.326 e. The van der Waals surface area contributed by atoms with Crippen LogP contribution in [0.4, 0.5) is 0 Å². The first-order valence-corrected chi connectivity index (χ1v) is 7.11. The molecule has 0 heterocycles. The molecule has 0 aromatic heterocycles. The number of rotatable bonds is 5. The lowest BCUT2D eigenvalue weighted by Crippen LogP contribution is -2.18. The first kappa shape index (κ1) is 14.8. The van der Waals surface area contributed by atoms with Crippen molar-refractivity contribution in [2.24, 2.45) is 5.73 Å². The molecule has 0 saturated carbocycles. The Labute approximate surface area is 122 Å². The molecule has 0 spiro atoms. The summed E-state index contributed by atoms with van der Waals surface area (Å²) < 4.78 is 0. The average molecular weight is 268 g/mol. The third-order valence-corrected chi connectivity index (χ3v) is 3.66. The smallest absolute Gasteiger partial charge is 0.0236 e. The summed E-state index contributed by atoms with van der Waals surface area (Å²) in [7, 11) is 2.16. The van der Waals surface area contributed by atoms with Crippen molar-refractivity contribution in [3.05, 3.63) is 70.3 Å². The van der Waals surface area contributed by atoms with Crippen molar-refractivity contribution in [3.63, 3.8) is 0 Å². The van der Waals surface area contributed by atoms with Crippen molar-refractivity contribution < 1.29 is 0 Å². The van der Waals surface area contributed by atoms with Gasteiger partial charge < -0.3 is 5.73 Å². The van der Waals surface area contributed by atoms with Crippen molar-refractivity contribution in [2.45, 2.75) is 33.5 Å². The summed E-state index contributed by atoms with van der Waals surface area (Å²) in [5, 5.41) is 0. The van der Waals surface area contributed by atoms with Gasteiger partial charge in [-0.3, -0.25) is 4.90 Å². The van der Waals surface area contributed by atoms with Crippen LogP contribution in [-0.2, 0) is 19.6 Å². The molecular weight excluding hydrogens is 244 g/mol. The van der Waals surface area contributed by atoms with Gasteiger partial charge in [-0.1, -0.05) is 48.0 Å².